The number of hydrogen-bond donors (Lipinski definition) is 2. The number of hydrogen-bond acceptors (Lipinski definition) is 7. The van der Waals surface area contributed by atoms with Gasteiger partial charge in [0.2, 0.25) is 5.95 Å². The van der Waals surface area contributed by atoms with E-state index < -0.39 is 0 Å². The summed E-state index contributed by atoms with van der Waals surface area (Å²) in [6.45, 7) is 4.42. The van der Waals surface area contributed by atoms with Crippen LogP contribution in [0.15, 0.2) is 5.16 Å². The Balaban J connectivity index is 2.64. The van der Waals surface area contributed by atoms with Crippen molar-refractivity contribution < 1.29 is 9.84 Å². The Kier molecular flexibility index (Phi) is 5.27. The first-order valence-electron chi connectivity index (χ1n) is 5.03. The largest absolute Gasteiger partial charge is 0.464 e. The third kappa shape index (κ3) is 4.19. The second-order valence-corrected chi connectivity index (χ2v) is 4.28. The minimum absolute atomic E-state index is 0.145. The van der Waals surface area contributed by atoms with E-state index in [1.165, 1.54) is 11.8 Å². The first-order valence-corrected chi connectivity index (χ1v) is 6.02. The monoisotopic (exact) mass is 244 g/mol. The minimum Gasteiger partial charge on any atom is -0.464 e. The highest BCUT2D eigenvalue weighted by molar-refractivity contribution is 7.99. The Hall–Kier alpha value is -1.08. The zero-order valence-corrected chi connectivity index (χ0v) is 10.2. The van der Waals surface area contributed by atoms with Crippen LogP contribution in [0.3, 0.4) is 0 Å². The first-order chi connectivity index (χ1) is 7.65. The van der Waals surface area contributed by atoms with Crippen LogP contribution in [-0.4, -0.2) is 39.0 Å². The number of nitrogen functional groups attached to an aromatic ring is 1. The Bertz CT molecular complexity index is 337. The van der Waals surface area contributed by atoms with Gasteiger partial charge in [0.1, 0.15) is 0 Å². The highest BCUT2D eigenvalue weighted by atomic mass is 32.2. The van der Waals surface area contributed by atoms with E-state index in [2.05, 4.69) is 15.0 Å². The minimum atomic E-state index is 0.145. The standard InChI is InChI=1S/C9H16N4O2S/c1-3-15-8-11-7(10)12-9(13-8)16-5-6(2)4-14/h6,14H,3-5H2,1-2H3,(H2,10,11,12,13). The molecule has 0 amide bonds. The lowest BCUT2D eigenvalue weighted by molar-refractivity contribution is 0.250. The van der Waals surface area contributed by atoms with Crippen LogP contribution in [0.25, 0.3) is 0 Å². The second-order valence-electron chi connectivity index (χ2n) is 3.29. The fourth-order valence-electron chi connectivity index (χ4n) is 0.881. The highest BCUT2D eigenvalue weighted by Gasteiger charge is 2.07. The number of nitrogens with zero attached hydrogens (tertiary/aromatic N) is 3. The van der Waals surface area contributed by atoms with E-state index in [4.69, 9.17) is 15.6 Å². The summed E-state index contributed by atoms with van der Waals surface area (Å²) in [7, 11) is 0. The molecule has 0 saturated heterocycles. The summed E-state index contributed by atoms with van der Waals surface area (Å²) in [5.41, 5.74) is 5.52. The molecule has 0 fully saturated rings. The third-order valence-electron chi connectivity index (χ3n) is 1.69. The number of thioether (sulfide) groups is 1. The molecule has 0 aliphatic carbocycles. The molecule has 90 valence electrons. The van der Waals surface area contributed by atoms with Crippen molar-refractivity contribution in [1.82, 2.24) is 15.0 Å². The number of rotatable bonds is 6. The first kappa shape index (κ1) is 13.0. The molecule has 6 nitrogen and oxygen atoms in total. The van der Waals surface area contributed by atoms with Crippen molar-refractivity contribution in [2.24, 2.45) is 5.92 Å². The molecule has 0 aliphatic rings. The number of aliphatic hydroxyl groups is 1. The Morgan fingerprint density at radius 3 is 2.81 bits per heavy atom. The number of ether oxygens (including phenoxy) is 1. The third-order valence-corrected chi connectivity index (χ3v) is 2.87. The molecule has 1 rings (SSSR count). The van der Waals surface area contributed by atoms with Crippen LogP contribution in [-0.2, 0) is 0 Å². The molecule has 16 heavy (non-hydrogen) atoms. The molecule has 0 saturated carbocycles. The Morgan fingerprint density at radius 1 is 1.44 bits per heavy atom. The van der Waals surface area contributed by atoms with Crippen molar-refractivity contribution in [2.75, 3.05) is 24.7 Å². The van der Waals surface area contributed by atoms with Crippen LogP contribution < -0.4 is 10.5 Å². The summed E-state index contributed by atoms with van der Waals surface area (Å²) in [4.78, 5) is 11.9. The predicted octanol–water partition coefficient (Wildman–Crippen LogP) is 0.573. The Labute approximate surface area is 98.7 Å². The van der Waals surface area contributed by atoms with Crippen LogP contribution in [0.4, 0.5) is 5.95 Å². The molecule has 7 heteroatoms. The van der Waals surface area contributed by atoms with E-state index in [-0.39, 0.29) is 24.5 Å². The lowest BCUT2D eigenvalue weighted by Gasteiger charge is -2.07. The van der Waals surface area contributed by atoms with E-state index >= 15 is 0 Å². The normalized spacial score (nSPS) is 12.4. The van der Waals surface area contributed by atoms with Gasteiger partial charge >= 0.3 is 6.01 Å². The van der Waals surface area contributed by atoms with Gasteiger partial charge in [0.15, 0.2) is 5.16 Å². The number of aliphatic hydroxyl groups excluding tert-OH is 1. The summed E-state index contributed by atoms with van der Waals surface area (Å²) >= 11 is 1.43. The van der Waals surface area contributed by atoms with Gasteiger partial charge in [0.25, 0.3) is 0 Å². The summed E-state index contributed by atoms with van der Waals surface area (Å²) in [6.07, 6.45) is 0. The van der Waals surface area contributed by atoms with Crippen molar-refractivity contribution >= 4 is 17.7 Å². The molecule has 1 aromatic rings. The molecule has 3 N–H and O–H groups in total. The van der Waals surface area contributed by atoms with Crippen LogP contribution in [0.5, 0.6) is 6.01 Å². The van der Waals surface area contributed by atoms with Crippen molar-refractivity contribution in [1.29, 1.82) is 0 Å². The lowest BCUT2D eigenvalue weighted by Crippen LogP contribution is -2.07. The van der Waals surface area contributed by atoms with Crippen LogP contribution in [0.2, 0.25) is 0 Å². The molecule has 0 radical (unpaired) electrons. The van der Waals surface area contributed by atoms with E-state index in [1.54, 1.807) is 0 Å². The maximum atomic E-state index is 8.89. The van der Waals surface area contributed by atoms with Gasteiger partial charge in [-0.25, -0.2) is 0 Å². The zero-order chi connectivity index (χ0) is 12.0. The van der Waals surface area contributed by atoms with Crippen molar-refractivity contribution in [2.45, 2.75) is 19.0 Å². The van der Waals surface area contributed by atoms with Gasteiger partial charge in [-0.1, -0.05) is 18.7 Å². The molecule has 0 aromatic carbocycles. The van der Waals surface area contributed by atoms with E-state index in [0.29, 0.717) is 11.8 Å². The van der Waals surface area contributed by atoms with Gasteiger partial charge in [0.05, 0.1) is 6.61 Å². The molecular weight excluding hydrogens is 228 g/mol. The van der Waals surface area contributed by atoms with E-state index in [1.807, 2.05) is 13.8 Å². The molecule has 1 atom stereocenters. The van der Waals surface area contributed by atoms with Crippen molar-refractivity contribution in [3.8, 4) is 6.01 Å². The van der Waals surface area contributed by atoms with Gasteiger partial charge in [-0.2, -0.15) is 15.0 Å². The predicted molar refractivity (Wildman–Crippen MR) is 62.4 cm³/mol. The summed E-state index contributed by atoms with van der Waals surface area (Å²) < 4.78 is 5.16. The van der Waals surface area contributed by atoms with E-state index in [0.717, 1.165) is 5.75 Å². The molecule has 0 bridgehead atoms. The molecule has 1 aromatic heterocycles. The number of anilines is 1. The average molecular weight is 244 g/mol. The maximum Gasteiger partial charge on any atom is 0.322 e. The zero-order valence-electron chi connectivity index (χ0n) is 9.38. The molecule has 0 aliphatic heterocycles. The van der Waals surface area contributed by atoms with Gasteiger partial charge in [-0.05, 0) is 12.8 Å². The highest BCUT2D eigenvalue weighted by Crippen LogP contribution is 2.18. The summed E-state index contributed by atoms with van der Waals surface area (Å²) in [6, 6.07) is 0.245. The topological polar surface area (TPSA) is 94.2 Å². The quantitative estimate of drug-likeness (QED) is 0.706. The molecule has 1 heterocycles. The number of aromatic nitrogens is 3. The molecular formula is C9H16N4O2S. The second kappa shape index (κ2) is 6.49. The van der Waals surface area contributed by atoms with Crippen LogP contribution in [0.1, 0.15) is 13.8 Å². The van der Waals surface area contributed by atoms with Crippen LogP contribution in [0, 0.1) is 5.92 Å². The van der Waals surface area contributed by atoms with Gasteiger partial charge < -0.3 is 15.6 Å². The van der Waals surface area contributed by atoms with E-state index in [9.17, 15) is 0 Å². The molecule has 0 spiro atoms. The van der Waals surface area contributed by atoms with Gasteiger partial charge in [0, 0.05) is 12.4 Å². The van der Waals surface area contributed by atoms with Crippen molar-refractivity contribution in [3.05, 3.63) is 0 Å². The number of nitrogens with two attached hydrogens (primary N) is 1. The van der Waals surface area contributed by atoms with Crippen LogP contribution >= 0.6 is 11.8 Å². The SMILES string of the molecule is CCOc1nc(N)nc(SCC(C)CO)n1. The maximum absolute atomic E-state index is 8.89. The smallest absolute Gasteiger partial charge is 0.322 e. The molecule has 1 unspecified atom stereocenters. The van der Waals surface area contributed by atoms with Gasteiger partial charge in [-0.15, -0.1) is 0 Å². The summed E-state index contributed by atoms with van der Waals surface area (Å²) in [5.74, 6) is 1.07. The average Bonchev–Trinajstić information content (AvgIpc) is 2.25. The van der Waals surface area contributed by atoms with Gasteiger partial charge in [-0.3, -0.25) is 0 Å². The summed E-state index contributed by atoms with van der Waals surface area (Å²) in [5, 5.41) is 9.41. The van der Waals surface area contributed by atoms with Crippen molar-refractivity contribution in [3.63, 3.8) is 0 Å². The fourth-order valence-corrected chi connectivity index (χ4v) is 1.72. The fraction of sp³-hybridized carbons (Fsp3) is 0.667. The lowest BCUT2D eigenvalue weighted by atomic mass is 10.2. The Morgan fingerprint density at radius 2 is 2.19 bits per heavy atom.